The fraction of sp³-hybridized carbons (Fsp3) is 0.0588. The highest BCUT2D eigenvalue weighted by atomic mass is 79.9. The average Bonchev–Trinajstić information content (AvgIpc) is 2.62. The van der Waals surface area contributed by atoms with Gasteiger partial charge in [0.1, 0.15) is 11.6 Å². The maximum Gasteiger partial charge on any atom is 0.263 e. The first kappa shape index (κ1) is 20.2. The molecule has 0 spiro atoms. The number of sulfonamides is 2. The third kappa shape index (κ3) is 4.86. The average molecular weight is 483 g/mol. The molecule has 0 saturated carbocycles. The summed E-state index contributed by atoms with van der Waals surface area (Å²) in [6.07, 6.45) is 1.44. The van der Waals surface area contributed by atoms with Crippen LogP contribution in [-0.2, 0) is 20.0 Å². The third-order valence-electron chi connectivity index (χ3n) is 3.56. The lowest BCUT2D eigenvalue weighted by molar-refractivity contribution is 0.600. The summed E-state index contributed by atoms with van der Waals surface area (Å²) in [5, 5.41) is 0. The number of rotatable bonds is 6. The van der Waals surface area contributed by atoms with Gasteiger partial charge >= 0.3 is 0 Å². The molecule has 11 heteroatoms. The van der Waals surface area contributed by atoms with Crippen molar-refractivity contribution in [1.82, 2.24) is 9.97 Å². The molecule has 0 bridgehead atoms. The van der Waals surface area contributed by atoms with Gasteiger partial charge in [-0.15, -0.1) is 0 Å². The largest absolute Gasteiger partial charge is 0.280 e. The minimum absolute atomic E-state index is 0.0321. The first-order valence-corrected chi connectivity index (χ1v) is 11.6. The lowest BCUT2D eigenvalue weighted by Crippen LogP contribution is -2.15. The van der Waals surface area contributed by atoms with Gasteiger partial charge in [-0.05, 0) is 61.5 Å². The van der Waals surface area contributed by atoms with Gasteiger partial charge in [-0.2, -0.15) is 0 Å². The Kier molecular flexibility index (Phi) is 5.68. The Morgan fingerprint density at radius 1 is 0.786 bits per heavy atom. The number of anilines is 2. The Hall–Kier alpha value is -2.50. The van der Waals surface area contributed by atoms with E-state index in [0.717, 1.165) is 4.47 Å². The standard InChI is InChI=1S/C17H15BrN4O4S2/c1-12-19-11-10-17(20-12)22-28(25,26)16-8-4-14(5-9-16)21-27(23,24)15-6-2-13(18)3-7-15/h2-11,21H,1H3,(H,19,20,22). The van der Waals surface area contributed by atoms with E-state index >= 15 is 0 Å². The van der Waals surface area contributed by atoms with Crippen molar-refractivity contribution in [2.75, 3.05) is 9.44 Å². The summed E-state index contributed by atoms with van der Waals surface area (Å²) in [6, 6.07) is 12.9. The van der Waals surface area contributed by atoms with E-state index in [2.05, 4.69) is 35.3 Å². The van der Waals surface area contributed by atoms with Crippen molar-refractivity contribution in [3.8, 4) is 0 Å². The van der Waals surface area contributed by atoms with E-state index in [9.17, 15) is 16.8 Å². The Bertz CT molecular complexity index is 1200. The number of benzene rings is 2. The number of nitrogens with zero attached hydrogens (tertiary/aromatic N) is 2. The highest BCUT2D eigenvalue weighted by molar-refractivity contribution is 9.10. The second kappa shape index (κ2) is 7.86. The van der Waals surface area contributed by atoms with Crippen molar-refractivity contribution in [2.45, 2.75) is 16.7 Å². The van der Waals surface area contributed by atoms with Gasteiger partial charge < -0.3 is 0 Å². The molecule has 0 aliphatic rings. The van der Waals surface area contributed by atoms with Crippen molar-refractivity contribution < 1.29 is 16.8 Å². The molecule has 2 aromatic carbocycles. The van der Waals surface area contributed by atoms with E-state index in [1.807, 2.05) is 0 Å². The molecule has 0 amide bonds. The van der Waals surface area contributed by atoms with Crippen LogP contribution >= 0.6 is 15.9 Å². The van der Waals surface area contributed by atoms with Crippen LogP contribution in [-0.4, -0.2) is 26.8 Å². The maximum absolute atomic E-state index is 12.4. The van der Waals surface area contributed by atoms with Crippen LogP contribution in [0.3, 0.4) is 0 Å². The Morgan fingerprint density at radius 2 is 1.32 bits per heavy atom. The van der Waals surface area contributed by atoms with E-state index in [4.69, 9.17) is 0 Å². The van der Waals surface area contributed by atoms with E-state index in [0.29, 0.717) is 5.82 Å². The Morgan fingerprint density at radius 3 is 1.89 bits per heavy atom. The van der Waals surface area contributed by atoms with Gasteiger partial charge in [-0.1, -0.05) is 15.9 Å². The fourth-order valence-electron chi connectivity index (χ4n) is 2.24. The second-order valence-electron chi connectivity index (χ2n) is 5.68. The monoisotopic (exact) mass is 482 g/mol. The van der Waals surface area contributed by atoms with Crippen LogP contribution in [0.25, 0.3) is 0 Å². The molecular formula is C17H15BrN4O4S2. The molecule has 146 valence electrons. The van der Waals surface area contributed by atoms with Gasteiger partial charge in [0.15, 0.2) is 0 Å². The van der Waals surface area contributed by atoms with Crippen LogP contribution < -0.4 is 9.44 Å². The quantitative estimate of drug-likeness (QED) is 0.556. The highest BCUT2D eigenvalue weighted by Gasteiger charge is 2.17. The first-order chi connectivity index (χ1) is 13.2. The van der Waals surface area contributed by atoms with Gasteiger partial charge in [-0.3, -0.25) is 9.44 Å². The molecule has 0 unspecified atom stereocenters. The molecule has 1 heterocycles. The third-order valence-corrected chi connectivity index (χ3v) is 6.85. The minimum atomic E-state index is -3.87. The predicted molar refractivity (Wildman–Crippen MR) is 109 cm³/mol. The number of hydrogen-bond donors (Lipinski definition) is 2. The van der Waals surface area contributed by atoms with Crippen molar-refractivity contribution in [2.24, 2.45) is 0 Å². The SMILES string of the molecule is Cc1nccc(NS(=O)(=O)c2ccc(NS(=O)(=O)c3ccc(Br)cc3)cc2)n1. The molecule has 3 rings (SSSR count). The molecule has 0 aliphatic heterocycles. The second-order valence-corrected chi connectivity index (χ2v) is 9.96. The van der Waals surface area contributed by atoms with Crippen LogP contribution in [0.4, 0.5) is 11.5 Å². The predicted octanol–water partition coefficient (Wildman–Crippen LogP) is 3.15. The van der Waals surface area contributed by atoms with E-state index in [1.165, 1.54) is 48.7 Å². The van der Waals surface area contributed by atoms with Gasteiger partial charge in [0, 0.05) is 16.4 Å². The van der Waals surface area contributed by atoms with Gasteiger partial charge in [0.05, 0.1) is 9.79 Å². The lowest BCUT2D eigenvalue weighted by atomic mass is 10.3. The summed E-state index contributed by atoms with van der Waals surface area (Å²) >= 11 is 3.25. The Labute approximate surface area is 171 Å². The van der Waals surface area contributed by atoms with Crippen molar-refractivity contribution >= 4 is 47.5 Å². The first-order valence-electron chi connectivity index (χ1n) is 7.87. The molecule has 2 N–H and O–H groups in total. The van der Waals surface area contributed by atoms with E-state index in [1.54, 1.807) is 19.1 Å². The summed E-state index contributed by atoms with van der Waals surface area (Å²) < 4.78 is 55.2. The summed E-state index contributed by atoms with van der Waals surface area (Å²) in [7, 11) is -7.65. The van der Waals surface area contributed by atoms with Crippen molar-refractivity contribution in [3.05, 3.63) is 71.1 Å². The van der Waals surface area contributed by atoms with E-state index < -0.39 is 20.0 Å². The van der Waals surface area contributed by atoms with Crippen LogP contribution in [0.2, 0.25) is 0 Å². The molecule has 0 saturated heterocycles. The zero-order chi connectivity index (χ0) is 20.4. The molecule has 0 fully saturated rings. The number of nitrogens with one attached hydrogen (secondary N) is 2. The normalized spacial score (nSPS) is 11.8. The molecule has 0 radical (unpaired) electrons. The highest BCUT2D eigenvalue weighted by Crippen LogP contribution is 2.21. The summed E-state index contributed by atoms with van der Waals surface area (Å²) in [5.41, 5.74) is 0.236. The molecule has 28 heavy (non-hydrogen) atoms. The summed E-state index contributed by atoms with van der Waals surface area (Å²) in [5.74, 6) is 0.574. The molecule has 0 atom stereocenters. The van der Waals surface area contributed by atoms with Gasteiger partial charge in [-0.25, -0.2) is 26.8 Å². The Balaban J connectivity index is 1.78. The zero-order valence-corrected chi connectivity index (χ0v) is 17.7. The zero-order valence-electron chi connectivity index (χ0n) is 14.5. The number of aryl methyl sites for hydroxylation is 1. The number of aromatic nitrogens is 2. The van der Waals surface area contributed by atoms with E-state index in [-0.39, 0.29) is 21.3 Å². The summed E-state index contributed by atoms with van der Waals surface area (Å²) in [6.45, 7) is 1.64. The van der Waals surface area contributed by atoms with Crippen molar-refractivity contribution in [1.29, 1.82) is 0 Å². The lowest BCUT2D eigenvalue weighted by Gasteiger charge is -2.10. The smallest absolute Gasteiger partial charge is 0.263 e. The summed E-state index contributed by atoms with van der Waals surface area (Å²) in [4.78, 5) is 7.96. The fourth-order valence-corrected chi connectivity index (χ4v) is 4.56. The molecular weight excluding hydrogens is 468 g/mol. The van der Waals surface area contributed by atoms with Crippen LogP contribution in [0.15, 0.2) is 75.1 Å². The molecule has 1 aromatic heterocycles. The van der Waals surface area contributed by atoms with Crippen LogP contribution in [0.5, 0.6) is 0 Å². The minimum Gasteiger partial charge on any atom is -0.280 e. The number of hydrogen-bond acceptors (Lipinski definition) is 6. The molecule has 0 aliphatic carbocycles. The molecule has 8 nitrogen and oxygen atoms in total. The van der Waals surface area contributed by atoms with Gasteiger partial charge in [0.2, 0.25) is 0 Å². The van der Waals surface area contributed by atoms with Gasteiger partial charge in [0.25, 0.3) is 20.0 Å². The van der Waals surface area contributed by atoms with Crippen LogP contribution in [0.1, 0.15) is 5.82 Å². The van der Waals surface area contributed by atoms with Crippen molar-refractivity contribution in [3.63, 3.8) is 0 Å². The topological polar surface area (TPSA) is 118 Å². The van der Waals surface area contributed by atoms with Crippen LogP contribution in [0, 0.1) is 6.92 Å². The number of halogens is 1. The maximum atomic E-state index is 12.4. The molecule has 3 aromatic rings.